The average Bonchev–Trinajstić information content (AvgIpc) is 2.95. The van der Waals surface area contributed by atoms with Crippen LogP contribution in [0.4, 0.5) is 0 Å². The topological polar surface area (TPSA) is 63.2 Å². The van der Waals surface area contributed by atoms with E-state index in [1.54, 1.807) is 16.8 Å². The summed E-state index contributed by atoms with van der Waals surface area (Å²) in [6.45, 7) is 2.94. The molecule has 3 heterocycles. The van der Waals surface area contributed by atoms with Crippen molar-refractivity contribution < 1.29 is 8.42 Å². The number of nitrogens with zero attached hydrogens (tertiary/aromatic N) is 3. The van der Waals surface area contributed by atoms with Crippen LogP contribution in [0.5, 0.6) is 0 Å². The highest BCUT2D eigenvalue weighted by molar-refractivity contribution is 7.91. The van der Waals surface area contributed by atoms with Gasteiger partial charge in [0.05, 0.1) is 0 Å². The first kappa shape index (κ1) is 14.6. The minimum Gasteiger partial charge on any atom is -0.245 e. The number of aromatic nitrogens is 2. The van der Waals surface area contributed by atoms with Crippen LogP contribution in [0.2, 0.25) is 0 Å². The second-order valence-corrected chi connectivity index (χ2v) is 8.25. The summed E-state index contributed by atoms with van der Waals surface area (Å²) in [4.78, 5) is 8.20. The number of hydrogen-bond acceptors (Lipinski definition) is 5. The Hall–Kier alpha value is -1.31. The number of sulfonamides is 1. The minimum atomic E-state index is -3.34. The second kappa shape index (κ2) is 5.82. The van der Waals surface area contributed by atoms with E-state index >= 15 is 0 Å². The molecule has 1 fully saturated rings. The molecule has 0 spiro atoms. The highest BCUT2D eigenvalue weighted by Crippen LogP contribution is 2.31. The van der Waals surface area contributed by atoms with Crippen LogP contribution in [-0.4, -0.2) is 35.8 Å². The Bertz CT molecular complexity index is 705. The van der Waals surface area contributed by atoms with E-state index < -0.39 is 10.0 Å². The predicted molar refractivity (Wildman–Crippen MR) is 81.8 cm³/mol. The van der Waals surface area contributed by atoms with Gasteiger partial charge in [-0.3, -0.25) is 0 Å². The van der Waals surface area contributed by atoms with Crippen LogP contribution in [0, 0.1) is 6.92 Å². The first-order chi connectivity index (χ1) is 10.1. The smallest absolute Gasteiger partial charge is 0.245 e. The summed E-state index contributed by atoms with van der Waals surface area (Å²) in [5, 5.41) is 1.83. The van der Waals surface area contributed by atoms with Crippen LogP contribution in [0.1, 0.15) is 30.0 Å². The third kappa shape index (κ3) is 2.86. The molecule has 0 N–H and O–H groups in total. The zero-order valence-electron chi connectivity index (χ0n) is 11.8. The van der Waals surface area contributed by atoms with Crippen molar-refractivity contribution in [2.24, 2.45) is 0 Å². The molecule has 0 radical (unpaired) electrons. The Kier molecular flexibility index (Phi) is 4.05. The average molecular weight is 323 g/mol. The van der Waals surface area contributed by atoms with Crippen LogP contribution >= 0.6 is 11.3 Å². The van der Waals surface area contributed by atoms with E-state index in [0.717, 1.165) is 24.1 Å². The van der Waals surface area contributed by atoms with Gasteiger partial charge < -0.3 is 0 Å². The molecular weight excluding hydrogens is 306 g/mol. The lowest BCUT2D eigenvalue weighted by atomic mass is 9.94. The Morgan fingerprint density at radius 2 is 2.05 bits per heavy atom. The first-order valence-corrected chi connectivity index (χ1v) is 9.21. The SMILES string of the molecule is Cc1ccsc1S(=O)(=O)N1CCC(c2ccncn2)CC1. The Morgan fingerprint density at radius 1 is 1.29 bits per heavy atom. The van der Waals surface area contributed by atoms with Crippen LogP contribution in [0.25, 0.3) is 0 Å². The molecule has 0 amide bonds. The minimum absolute atomic E-state index is 0.323. The van der Waals surface area contributed by atoms with Gasteiger partial charge in [0, 0.05) is 30.9 Å². The maximum absolute atomic E-state index is 12.6. The standard InChI is InChI=1S/C14H17N3O2S2/c1-11-5-9-20-14(11)21(18,19)17-7-3-12(4-8-17)13-2-6-15-10-16-13/h2,5-6,9-10,12H,3-4,7-8H2,1H3. The lowest BCUT2D eigenvalue weighted by Gasteiger charge is -2.30. The maximum Gasteiger partial charge on any atom is 0.252 e. The van der Waals surface area contributed by atoms with Crippen LogP contribution in [0.3, 0.4) is 0 Å². The fraction of sp³-hybridized carbons (Fsp3) is 0.429. The number of rotatable bonds is 3. The highest BCUT2D eigenvalue weighted by Gasteiger charge is 2.31. The molecule has 0 aliphatic carbocycles. The molecule has 5 nitrogen and oxygen atoms in total. The van der Waals surface area contributed by atoms with Crippen molar-refractivity contribution in [1.82, 2.24) is 14.3 Å². The van der Waals surface area contributed by atoms with Gasteiger partial charge >= 0.3 is 0 Å². The number of aryl methyl sites for hydroxylation is 1. The van der Waals surface area contributed by atoms with Crippen molar-refractivity contribution in [1.29, 1.82) is 0 Å². The summed E-state index contributed by atoms with van der Waals surface area (Å²) < 4.78 is 27.3. The molecule has 21 heavy (non-hydrogen) atoms. The van der Waals surface area contributed by atoms with Crippen molar-refractivity contribution in [2.75, 3.05) is 13.1 Å². The van der Waals surface area contributed by atoms with E-state index in [-0.39, 0.29) is 0 Å². The summed E-state index contributed by atoms with van der Waals surface area (Å²) in [6, 6.07) is 3.77. The van der Waals surface area contributed by atoms with Crippen molar-refractivity contribution in [3.63, 3.8) is 0 Å². The van der Waals surface area contributed by atoms with Gasteiger partial charge in [0.15, 0.2) is 0 Å². The zero-order valence-corrected chi connectivity index (χ0v) is 13.4. The summed E-state index contributed by atoms with van der Waals surface area (Å²) >= 11 is 1.30. The fourth-order valence-electron chi connectivity index (χ4n) is 2.67. The van der Waals surface area contributed by atoms with Gasteiger partial charge in [-0.05, 0) is 42.8 Å². The maximum atomic E-state index is 12.6. The first-order valence-electron chi connectivity index (χ1n) is 6.89. The van der Waals surface area contributed by atoms with E-state index in [1.807, 2.05) is 24.4 Å². The predicted octanol–water partition coefficient (Wildman–Crippen LogP) is 2.41. The van der Waals surface area contributed by atoms with Gasteiger partial charge in [-0.2, -0.15) is 4.31 Å². The number of thiophene rings is 1. The Balaban J connectivity index is 1.73. The third-order valence-electron chi connectivity index (χ3n) is 3.87. The van der Waals surface area contributed by atoms with Crippen molar-refractivity contribution in [3.8, 4) is 0 Å². The van der Waals surface area contributed by atoms with E-state index in [9.17, 15) is 8.42 Å². The normalized spacial score (nSPS) is 18.0. The molecular formula is C14H17N3O2S2. The summed E-state index contributed by atoms with van der Waals surface area (Å²) in [6.07, 6.45) is 4.90. The summed E-state index contributed by atoms with van der Waals surface area (Å²) in [7, 11) is -3.34. The Morgan fingerprint density at radius 3 is 2.62 bits per heavy atom. The summed E-state index contributed by atoms with van der Waals surface area (Å²) in [5.74, 6) is 0.323. The molecule has 2 aromatic rings. The molecule has 112 valence electrons. The number of piperidine rings is 1. The van der Waals surface area contributed by atoms with Crippen LogP contribution in [0.15, 0.2) is 34.2 Å². The number of hydrogen-bond donors (Lipinski definition) is 0. The quantitative estimate of drug-likeness (QED) is 0.870. The molecule has 0 atom stereocenters. The van der Waals surface area contributed by atoms with Crippen LogP contribution in [-0.2, 0) is 10.0 Å². The van der Waals surface area contributed by atoms with Gasteiger partial charge in [0.1, 0.15) is 10.5 Å². The van der Waals surface area contributed by atoms with Crippen molar-refractivity contribution >= 4 is 21.4 Å². The molecule has 2 aromatic heterocycles. The lowest BCUT2D eigenvalue weighted by molar-refractivity contribution is 0.317. The molecule has 0 saturated carbocycles. The van der Waals surface area contributed by atoms with Gasteiger partial charge in [0.2, 0.25) is 0 Å². The molecule has 1 aliphatic rings. The van der Waals surface area contributed by atoms with Gasteiger partial charge in [-0.25, -0.2) is 18.4 Å². The van der Waals surface area contributed by atoms with Crippen molar-refractivity contribution in [2.45, 2.75) is 29.9 Å². The molecule has 1 saturated heterocycles. The molecule has 0 bridgehead atoms. The fourth-order valence-corrected chi connectivity index (χ4v) is 5.69. The Labute approximate surface area is 128 Å². The third-order valence-corrected chi connectivity index (χ3v) is 7.43. The second-order valence-electron chi connectivity index (χ2n) is 5.20. The molecule has 1 aliphatic heterocycles. The largest absolute Gasteiger partial charge is 0.252 e. The molecule has 0 unspecified atom stereocenters. The molecule has 0 aromatic carbocycles. The van der Waals surface area contributed by atoms with E-state index in [1.165, 1.54) is 11.3 Å². The molecule has 7 heteroatoms. The lowest BCUT2D eigenvalue weighted by Crippen LogP contribution is -2.37. The molecule has 3 rings (SSSR count). The van der Waals surface area contributed by atoms with Gasteiger partial charge in [-0.1, -0.05) is 0 Å². The summed E-state index contributed by atoms with van der Waals surface area (Å²) in [5.41, 5.74) is 1.84. The van der Waals surface area contributed by atoms with E-state index in [0.29, 0.717) is 23.2 Å². The van der Waals surface area contributed by atoms with Crippen molar-refractivity contribution in [3.05, 3.63) is 41.3 Å². The monoisotopic (exact) mass is 323 g/mol. The van der Waals surface area contributed by atoms with Gasteiger partial charge in [-0.15, -0.1) is 11.3 Å². The van der Waals surface area contributed by atoms with E-state index in [4.69, 9.17) is 0 Å². The van der Waals surface area contributed by atoms with E-state index in [2.05, 4.69) is 9.97 Å². The highest BCUT2D eigenvalue weighted by atomic mass is 32.2. The van der Waals surface area contributed by atoms with Gasteiger partial charge in [0.25, 0.3) is 10.0 Å². The van der Waals surface area contributed by atoms with Crippen LogP contribution < -0.4 is 0 Å². The zero-order chi connectivity index (χ0) is 14.9.